The molecule has 1 aliphatic carbocycles. The molecule has 0 unspecified atom stereocenters. The van der Waals surface area contributed by atoms with Gasteiger partial charge in [-0.05, 0) is 12.8 Å². The summed E-state index contributed by atoms with van der Waals surface area (Å²) in [6, 6.07) is 0. The summed E-state index contributed by atoms with van der Waals surface area (Å²) in [6.45, 7) is 2.79. The standard InChI is InChI=1S/C18H32O9S/c1-12(10-19)15(23-3)17(25-13(2)20)16(27-28(4,21)22)14-11-24-18(26-14)8-6-5-7-9-18/h12,14-17,19H,5-11H2,1-4H3/t12-,14+,15-,16+,17+/m0/s1. The fraction of sp³-hybridized carbons (Fsp3) is 0.944. The Morgan fingerprint density at radius 1 is 1.25 bits per heavy atom. The number of carbonyl (C=O) groups excluding carboxylic acids is 1. The lowest BCUT2D eigenvalue weighted by atomic mass is 9.93. The maximum atomic E-state index is 12.0. The molecule has 2 aliphatic rings. The van der Waals surface area contributed by atoms with E-state index in [1.54, 1.807) is 6.92 Å². The van der Waals surface area contributed by atoms with Crippen LogP contribution < -0.4 is 0 Å². The maximum Gasteiger partial charge on any atom is 0.303 e. The number of ether oxygens (including phenoxy) is 4. The minimum Gasteiger partial charge on any atom is -0.457 e. The van der Waals surface area contributed by atoms with E-state index in [0.717, 1.165) is 25.5 Å². The molecule has 0 aromatic heterocycles. The first kappa shape index (κ1) is 23.5. The highest BCUT2D eigenvalue weighted by molar-refractivity contribution is 7.86. The lowest BCUT2D eigenvalue weighted by Crippen LogP contribution is -2.53. The summed E-state index contributed by atoms with van der Waals surface area (Å²) in [7, 11) is -2.50. The summed E-state index contributed by atoms with van der Waals surface area (Å²) in [4.78, 5) is 11.7. The van der Waals surface area contributed by atoms with Crippen molar-refractivity contribution in [2.45, 2.75) is 76.2 Å². The number of methoxy groups -OCH3 is 1. The largest absolute Gasteiger partial charge is 0.457 e. The predicted molar refractivity (Wildman–Crippen MR) is 99.0 cm³/mol. The van der Waals surface area contributed by atoms with Crippen molar-refractivity contribution in [1.29, 1.82) is 0 Å². The minimum atomic E-state index is -3.90. The van der Waals surface area contributed by atoms with Crippen molar-refractivity contribution in [2.75, 3.05) is 26.6 Å². The third kappa shape index (κ3) is 6.11. The molecular formula is C18H32O9S. The van der Waals surface area contributed by atoms with E-state index in [0.29, 0.717) is 12.8 Å². The summed E-state index contributed by atoms with van der Waals surface area (Å²) in [5, 5.41) is 9.56. The highest BCUT2D eigenvalue weighted by Gasteiger charge is 2.50. The van der Waals surface area contributed by atoms with Gasteiger partial charge in [0.05, 0.1) is 12.9 Å². The van der Waals surface area contributed by atoms with Crippen LogP contribution in [0.25, 0.3) is 0 Å². The molecule has 1 saturated heterocycles. The van der Waals surface area contributed by atoms with Crippen LogP contribution in [0.4, 0.5) is 0 Å². The smallest absolute Gasteiger partial charge is 0.303 e. The molecule has 5 atom stereocenters. The third-order valence-corrected chi connectivity index (χ3v) is 5.79. The zero-order valence-electron chi connectivity index (χ0n) is 17.0. The molecule has 0 aromatic rings. The molecule has 0 amide bonds. The second-order valence-corrected chi connectivity index (χ2v) is 9.24. The Morgan fingerprint density at radius 2 is 1.89 bits per heavy atom. The van der Waals surface area contributed by atoms with Gasteiger partial charge in [-0.2, -0.15) is 8.42 Å². The first-order valence-electron chi connectivity index (χ1n) is 9.61. The number of hydrogen-bond acceptors (Lipinski definition) is 9. The number of esters is 1. The van der Waals surface area contributed by atoms with Gasteiger partial charge in [0.2, 0.25) is 0 Å². The molecule has 1 aliphatic heterocycles. The highest BCUT2D eigenvalue weighted by Crippen LogP contribution is 2.40. The van der Waals surface area contributed by atoms with Gasteiger partial charge in [-0.3, -0.25) is 8.98 Å². The average molecular weight is 425 g/mol. The Labute approximate surface area is 166 Å². The molecule has 1 heterocycles. The van der Waals surface area contributed by atoms with E-state index in [4.69, 9.17) is 23.1 Å². The molecule has 0 radical (unpaired) electrons. The Kier molecular flexibility index (Phi) is 8.24. The molecule has 1 N–H and O–H groups in total. The first-order valence-corrected chi connectivity index (χ1v) is 11.4. The number of aliphatic hydroxyl groups excluding tert-OH is 1. The van der Waals surface area contributed by atoms with E-state index in [1.165, 1.54) is 14.0 Å². The Balaban J connectivity index is 2.33. The maximum absolute atomic E-state index is 12.0. The van der Waals surface area contributed by atoms with Crippen LogP contribution in [0.2, 0.25) is 0 Å². The lowest BCUT2D eigenvalue weighted by Gasteiger charge is -2.37. The van der Waals surface area contributed by atoms with Crippen molar-refractivity contribution in [3.8, 4) is 0 Å². The van der Waals surface area contributed by atoms with Gasteiger partial charge in [0.15, 0.2) is 11.9 Å². The fourth-order valence-corrected chi connectivity index (χ4v) is 4.57. The molecule has 164 valence electrons. The molecule has 2 rings (SSSR count). The van der Waals surface area contributed by atoms with Gasteiger partial charge < -0.3 is 24.1 Å². The molecule has 2 fully saturated rings. The molecular weight excluding hydrogens is 392 g/mol. The first-order chi connectivity index (χ1) is 13.1. The van der Waals surface area contributed by atoms with Crippen molar-refractivity contribution >= 4 is 16.1 Å². The molecule has 0 bridgehead atoms. The van der Waals surface area contributed by atoms with Crippen molar-refractivity contribution in [3.05, 3.63) is 0 Å². The number of carbonyl (C=O) groups is 1. The van der Waals surface area contributed by atoms with Crippen molar-refractivity contribution in [1.82, 2.24) is 0 Å². The zero-order valence-corrected chi connectivity index (χ0v) is 17.8. The molecule has 0 aromatic carbocycles. The minimum absolute atomic E-state index is 0.113. The van der Waals surface area contributed by atoms with Crippen LogP contribution in [-0.4, -0.2) is 76.3 Å². The summed E-state index contributed by atoms with van der Waals surface area (Å²) in [6.07, 6.45) is 1.54. The SMILES string of the molecule is CO[C@H]([C@@H](OC(C)=O)[C@H](OS(C)(=O)=O)[C@H]1COC2(CCCCC2)O1)[C@@H](C)CO. The van der Waals surface area contributed by atoms with Gasteiger partial charge in [-0.15, -0.1) is 0 Å². The second-order valence-electron chi connectivity index (χ2n) is 7.64. The summed E-state index contributed by atoms with van der Waals surface area (Å²) in [5.74, 6) is -1.81. The second kappa shape index (κ2) is 9.82. The van der Waals surface area contributed by atoms with E-state index >= 15 is 0 Å². The summed E-state index contributed by atoms with van der Waals surface area (Å²) in [5.41, 5.74) is 0. The monoisotopic (exact) mass is 424 g/mol. The Hall–Kier alpha value is -0.780. The van der Waals surface area contributed by atoms with Crippen molar-refractivity contribution in [2.24, 2.45) is 5.92 Å². The van der Waals surface area contributed by atoms with E-state index in [1.807, 2.05) is 0 Å². The van der Waals surface area contributed by atoms with Gasteiger partial charge in [0.25, 0.3) is 10.1 Å². The summed E-state index contributed by atoms with van der Waals surface area (Å²) < 4.78 is 52.2. The van der Waals surface area contributed by atoms with Crippen molar-refractivity contribution < 1.29 is 41.4 Å². The topological polar surface area (TPSA) is 118 Å². The summed E-state index contributed by atoms with van der Waals surface area (Å²) >= 11 is 0. The van der Waals surface area contributed by atoms with Gasteiger partial charge >= 0.3 is 5.97 Å². The molecule has 28 heavy (non-hydrogen) atoms. The number of aliphatic hydroxyl groups is 1. The van der Waals surface area contributed by atoms with Gasteiger partial charge in [0, 0.05) is 39.4 Å². The molecule has 1 saturated carbocycles. The van der Waals surface area contributed by atoms with Crippen LogP contribution in [0.15, 0.2) is 0 Å². The lowest BCUT2D eigenvalue weighted by molar-refractivity contribution is -0.208. The van der Waals surface area contributed by atoms with E-state index in [9.17, 15) is 18.3 Å². The zero-order chi connectivity index (χ0) is 20.9. The highest BCUT2D eigenvalue weighted by atomic mass is 32.2. The number of hydrogen-bond donors (Lipinski definition) is 1. The van der Waals surface area contributed by atoms with Crippen LogP contribution in [0.1, 0.15) is 46.0 Å². The van der Waals surface area contributed by atoms with Gasteiger partial charge in [0.1, 0.15) is 18.3 Å². The fourth-order valence-electron chi connectivity index (χ4n) is 3.93. The van der Waals surface area contributed by atoms with E-state index in [-0.39, 0.29) is 13.2 Å². The molecule has 1 spiro atoms. The normalized spacial score (nSPS) is 26.5. The van der Waals surface area contributed by atoms with Crippen molar-refractivity contribution in [3.63, 3.8) is 0 Å². The van der Waals surface area contributed by atoms with Crippen LogP contribution in [0, 0.1) is 5.92 Å². The predicted octanol–water partition coefficient (Wildman–Crippen LogP) is 0.982. The Morgan fingerprint density at radius 3 is 2.39 bits per heavy atom. The third-order valence-electron chi connectivity index (χ3n) is 5.22. The van der Waals surface area contributed by atoms with E-state index in [2.05, 4.69) is 0 Å². The van der Waals surface area contributed by atoms with Crippen LogP contribution >= 0.6 is 0 Å². The van der Waals surface area contributed by atoms with Gasteiger partial charge in [-0.1, -0.05) is 13.3 Å². The number of rotatable bonds is 9. The van der Waals surface area contributed by atoms with E-state index < -0.39 is 52.2 Å². The van der Waals surface area contributed by atoms with Crippen LogP contribution in [0.3, 0.4) is 0 Å². The molecule has 10 heteroatoms. The quantitative estimate of drug-likeness (QED) is 0.427. The Bertz CT molecular complexity index is 615. The van der Waals surface area contributed by atoms with Gasteiger partial charge in [-0.25, -0.2) is 0 Å². The average Bonchev–Trinajstić information content (AvgIpc) is 3.02. The molecule has 9 nitrogen and oxygen atoms in total. The van der Waals surface area contributed by atoms with Crippen LogP contribution in [-0.2, 0) is 38.0 Å². The van der Waals surface area contributed by atoms with Crippen LogP contribution in [0.5, 0.6) is 0 Å².